The fraction of sp³-hybridized carbons (Fsp3) is 0.200. The molecule has 47 heavy (non-hydrogen) atoms. The van der Waals surface area contributed by atoms with Crippen molar-refractivity contribution >= 4 is 57.9 Å². The zero-order chi connectivity index (χ0) is 32.6. The Hall–Kier alpha value is -5.56. The van der Waals surface area contributed by atoms with Crippen LogP contribution in [0.4, 0.5) is 11.4 Å². The van der Waals surface area contributed by atoms with Crippen LogP contribution in [0.1, 0.15) is 35.4 Å². The number of aromatic hydroxyl groups is 1. The highest BCUT2D eigenvalue weighted by molar-refractivity contribution is 6.24. The molecule has 4 aliphatic rings. The number of phenols is 1. The van der Waals surface area contributed by atoms with Gasteiger partial charge in [0.05, 0.1) is 35.0 Å². The molecule has 232 valence electrons. The minimum Gasteiger partial charge on any atom is -0.507 e. The van der Waals surface area contributed by atoms with E-state index in [0.29, 0.717) is 28.7 Å². The van der Waals surface area contributed by atoms with Gasteiger partial charge in [0.2, 0.25) is 23.6 Å². The van der Waals surface area contributed by atoms with Crippen LogP contribution in [0, 0.1) is 29.6 Å². The summed E-state index contributed by atoms with van der Waals surface area (Å²) in [6, 6.07) is 25.5. The molecule has 4 amide bonds. The maximum atomic E-state index is 14.4. The molecule has 7 nitrogen and oxygen atoms in total. The van der Waals surface area contributed by atoms with Gasteiger partial charge in [-0.2, -0.15) is 0 Å². The van der Waals surface area contributed by atoms with Gasteiger partial charge in [0.1, 0.15) is 5.75 Å². The molecule has 0 bridgehead atoms. The predicted octanol–water partition coefficient (Wildman–Crippen LogP) is 6.88. The molecule has 2 saturated heterocycles. The van der Waals surface area contributed by atoms with Gasteiger partial charge in [0.25, 0.3) is 0 Å². The van der Waals surface area contributed by atoms with E-state index < -0.39 is 35.5 Å². The number of imide groups is 2. The first kappa shape index (κ1) is 28.9. The fourth-order valence-electron chi connectivity index (χ4n) is 8.49. The number of carbonyl (C=O) groups is 4. The zero-order valence-corrected chi connectivity index (χ0v) is 25.6. The lowest BCUT2D eigenvalue weighted by Gasteiger charge is -2.44. The normalized spacial score (nSPS) is 26.6. The molecule has 0 radical (unpaired) electrons. The second kappa shape index (κ2) is 10.8. The van der Waals surface area contributed by atoms with Gasteiger partial charge >= 0.3 is 0 Å². The van der Waals surface area contributed by atoms with E-state index in [1.54, 1.807) is 36.4 Å². The second-order valence-corrected chi connectivity index (χ2v) is 12.9. The molecule has 7 heteroatoms. The van der Waals surface area contributed by atoms with Crippen molar-refractivity contribution in [3.63, 3.8) is 0 Å². The van der Waals surface area contributed by atoms with Crippen LogP contribution >= 0.6 is 0 Å². The number of anilines is 2. The number of phenolic OH excluding ortho intramolecular Hbond substituents is 1. The molecule has 0 unspecified atom stereocenters. The summed E-state index contributed by atoms with van der Waals surface area (Å²) in [5, 5.41) is 13.2. The molecular formula is C40H32N2O5. The van der Waals surface area contributed by atoms with E-state index in [2.05, 4.69) is 13.2 Å². The number of amides is 4. The third kappa shape index (κ3) is 4.19. The van der Waals surface area contributed by atoms with Crippen LogP contribution in [0.3, 0.4) is 0 Å². The van der Waals surface area contributed by atoms with Crippen LogP contribution in [-0.4, -0.2) is 28.7 Å². The topological polar surface area (TPSA) is 95.0 Å². The minimum absolute atomic E-state index is 0.0577. The summed E-state index contributed by atoms with van der Waals surface area (Å²) in [5.74, 6) is -5.03. The first-order valence-corrected chi connectivity index (χ1v) is 15.9. The molecule has 2 aliphatic heterocycles. The van der Waals surface area contributed by atoms with Crippen molar-refractivity contribution in [1.29, 1.82) is 0 Å². The molecule has 1 saturated carbocycles. The van der Waals surface area contributed by atoms with Gasteiger partial charge in [-0.15, -0.1) is 0 Å². The van der Waals surface area contributed by atoms with Crippen molar-refractivity contribution in [2.75, 3.05) is 9.80 Å². The summed E-state index contributed by atoms with van der Waals surface area (Å²) in [6.07, 6.45) is 5.98. The quantitative estimate of drug-likeness (QED) is 0.194. The van der Waals surface area contributed by atoms with E-state index in [4.69, 9.17) is 0 Å². The van der Waals surface area contributed by atoms with Crippen LogP contribution in [0.2, 0.25) is 0 Å². The van der Waals surface area contributed by atoms with Gasteiger partial charge in [0.15, 0.2) is 0 Å². The Balaban J connectivity index is 1.25. The van der Waals surface area contributed by atoms with E-state index in [1.807, 2.05) is 66.7 Å². The standard InChI is InChI=1S/C40H32N2O5/c1-3-22-9-14-25(15-10-22)41-37(44)30-20-19-28-31(34(30)39(41)46)21-32-35(33(28)29-18-13-24-7-5-6-8-27(24)36(29)43)40(47)42(38(32)45)26-16-11-23(4-2)12-17-26/h3-19,30-35,43H,1-2,20-21H2/t30-,31+,32+,33+,34-,35+/m0/s1. The third-order valence-electron chi connectivity index (χ3n) is 10.7. The predicted molar refractivity (Wildman–Crippen MR) is 181 cm³/mol. The molecule has 4 aromatic rings. The van der Waals surface area contributed by atoms with Gasteiger partial charge in [-0.25, -0.2) is 0 Å². The Morgan fingerprint density at radius 1 is 0.638 bits per heavy atom. The SMILES string of the molecule is C=Cc1ccc(N2C(=O)[C@H]3[C@H](CC=C4[C@H]3C[C@H]3C(=O)N(c5ccc(C=C)cc5)C(=O)[C@H]3[C@H]4c3ccc4ccccc4c3O)C2=O)cc1. The smallest absolute Gasteiger partial charge is 0.238 e. The van der Waals surface area contributed by atoms with E-state index in [1.165, 1.54) is 9.80 Å². The summed E-state index contributed by atoms with van der Waals surface area (Å²) in [6.45, 7) is 7.58. The summed E-state index contributed by atoms with van der Waals surface area (Å²) in [5.41, 5.74) is 4.09. The van der Waals surface area contributed by atoms with Gasteiger partial charge in [-0.3, -0.25) is 29.0 Å². The number of carbonyl (C=O) groups excluding carboxylic acids is 4. The molecule has 6 atom stereocenters. The molecular weight excluding hydrogens is 588 g/mol. The Morgan fingerprint density at radius 3 is 1.83 bits per heavy atom. The molecule has 2 heterocycles. The van der Waals surface area contributed by atoms with E-state index >= 15 is 0 Å². The summed E-state index contributed by atoms with van der Waals surface area (Å²) in [7, 11) is 0. The van der Waals surface area contributed by atoms with E-state index in [0.717, 1.165) is 22.1 Å². The minimum atomic E-state index is -0.776. The van der Waals surface area contributed by atoms with E-state index in [9.17, 15) is 24.3 Å². The number of fused-ring (bicyclic) bond motifs is 5. The van der Waals surface area contributed by atoms with Crippen LogP contribution in [-0.2, 0) is 19.2 Å². The van der Waals surface area contributed by atoms with Crippen molar-refractivity contribution in [3.8, 4) is 5.75 Å². The van der Waals surface area contributed by atoms with Crippen LogP contribution < -0.4 is 9.80 Å². The number of rotatable bonds is 5. The summed E-state index contributed by atoms with van der Waals surface area (Å²) in [4.78, 5) is 59.3. The first-order valence-electron chi connectivity index (χ1n) is 15.9. The van der Waals surface area contributed by atoms with Crippen molar-refractivity contribution in [2.45, 2.75) is 18.8 Å². The largest absolute Gasteiger partial charge is 0.507 e. The summed E-state index contributed by atoms with van der Waals surface area (Å²) < 4.78 is 0. The Bertz CT molecular complexity index is 2060. The molecule has 2 aliphatic carbocycles. The number of hydrogen-bond acceptors (Lipinski definition) is 5. The van der Waals surface area contributed by atoms with E-state index in [-0.39, 0.29) is 35.8 Å². The van der Waals surface area contributed by atoms with Crippen molar-refractivity contribution < 1.29 is 24.3 Å². The zero-order valence-electron chi connectivity index (χ0n) is 25.6. The second-order valence-electron chi connectivity index (χ2n) is 12.9. The highest BCUT2D eigenvalue weighted by Crippen LogP contribution is 2.59. The highest BCUT2D eigenvalue weighted by Gasteiger charge is 2.62. The monoisotopic (exact) mass is 620 g/mol. The molecule has 8 rings (SSSR count). The number of benzene rings is 4. The first-order chi connectivity index (χ1) is 22.8. The van der Waals surface area contributed by atoms with Crippen LogP contribution in [0.25, 0.3) is 22.9 Å². The van der Waals surface area contributed by atoms with Gasteiger partial charge in [-0.05, 0) is 59.5 Å². The van der Waals surface area contributed by atoms with Crippen molar-refractivity contribution in [1.82, 2.24) is 0 Å². The Kier molecular flexibility index (Phi) is 6.62. The van der Waals surface area contributed by atoms with Gasteiger partial charge in [0, 0.05) is 16.9 Å². The average Bonchev–Trinajstić information content (AvgIpc) is 3.51. The molecule has 0 aromatic heterocycles. The lowest BCUT2D eigenvalue weighted by molar-refractivity contribution is -0.126. The van der Waals surface area contributed by atoms with Crippen LogP contribution in [0.5, 0.6) is 5.75 Å². The number of nitrogens with zero attached hydrogens (tertiary/aromatic N) is 2. The molecule has 1 N–H and O–H groups in total. The number of hydrogen-bond donors (Lipinski definition) is 1. The Labute approximate surface area is 272 Å². The summed E-state index contributed by atoms with van der Waals surface area (Å²) >= 11 is 0. The fourth-order valence-corrected chi connectivity index (χ4v) is 8.49. The maximum Gasteiger partial charge on any atom is 0.238 e. The Morgan fingerprint density at radius 2 is 1.21 bits per heavy atom. The third-order valence-corrected chi connectivity index (χ3v) is 10.7. The van der Waals surface area contributed by atoms with Crippen molar-refractivity contribution in [3.05, 3.63) is 126 Å². The maximum absolute atomic E-state index is 14.4. The average molecular weight is 621 g/mol. The lowest BCUT2D eigenvalue weighted by Crippen LogP contribution is -2.43. The molecule has 4 aromatic carbocycles. The van der Waals surface area contributed by atoms with Gasteiger partial charge < -0.3 is 5.11 Å². The highest BCUT2D eigenvalue weighted by atomic mass is 16.3. The van der Waals surface area contributed by atoms with Crippen LogP contribution in [0.15, 0.2) is 110 Å². The number of allylic oxidation sites excluding steroid dienone is 2. The molecule has 0 spiro atoms. The van der Waals surface area contributed by atoms with Crippen molar-refractivity contribution in [2.24, 2.45) is 29.6 Å². The van der Waals surface area contributed by atoms with Gasteiger partial charge in [-0.1, -0.05) is 97.6 Å². The molecule has 3 fully saturated rings. The lowest BCUT2D eigenvalue weighted by atomic mass is 9.57.